The van der Waals surface area contributed by atoms with Crippen molar-refractivity contribution >= 4 is 45.1 Å². The van der Waals surface area contributed by atoms with Gasteiger partial charge in [0.05, 0.1) is 16.3 Å². The summed E-state index contributed by atoms with van der Waals surface area (Å²) in [5.74, 6) is 0.330. The highest BCUT2D eigenvalue weighted by Crippen LogP contribution is 2.26. The van der Waals surface area contributed by atoms with Crippen LogP contribution in [0.3, 0.4) is 0 Å². The summed E-state index contributed by atoms with van der Waals surface area (Å²) < 4.78 is 0. The molecule has 1 aliphatic rings. The summed E-state index contributed by atoms with van der Waals surface area (Å²) in [7, 11) is 0. The minimum absolute atomic E-state index is 0.00967. The second-order valence-electron chi connectivity index (χ2n) is 3.22. The van der Waals surface area contributed by atoms with Gasteiger partial charge in [-0.2, -0.15) is 4.99 Å². The van der Waals surface area contributed by atoms with Crippen LogP contribution in [-0.2, 0) is 4.79 Å². The van der Waals surface area contributed by atoms with Crippen molar-refractivity contribution in [3.8, 4) is 0 Å². The molecule has 0 radical (unpaired) electrons. The maximum atomic E-state index is 11.2. The number of thioether (sulfide) groups is 1. The number of nitrogens with one attached hydrogen (secondary N) is 1. The SMILES string of the molecule is CC(=O)c1sc(/N=C2\NC(=O)CS2)nc1C. The van der Waals surface area contributed by atoms with Crippen molar-refractivity contribution in [1.82, 2.24) is 10.3 Å². The Morgan fingerprint density at radius 2 is 2.31 bits per heavy atom. The lowest BCUT2D eigenvalue weighted by molar-refractivity contribution is -0.116. The number of ketones is 1. The fraction of sp³-hybridized carbons (Fsp3) is 0.333. The Labute approximate surface area is 100 Å². The predicted octanol–water partition coefficient (Wildman–Crippen LogP) is 1.50. The third-order valence-electron chi connectivity index (χ3n) is 1.89. The van der Waals surface area contributed by atoms with E-state index in [0.29, 0.717) is 26.6 Å². The maximum absolute atomic E-state index is 11.2. The van der Waals surface area contributed by atoms with Crippen molar-refractivity contribution in [1.29, 1.82) is 0 Å². The van der Waals surface area contributed by atoms with Crippen LogP contribution in [0.15, 0.2) is 4.99 Å². The zero-order valence-electron chi connectivity index (χ0n) is 8.73. The first-order valence-corrected chi connectivity index (χ1v) is 6.36. The molecule has 0 unspecified atom stereocenters. The van der Waals surface area contributed by atoms with E-state index in [2.05, 4.69) is 15.3 Å². The number of hydrogen-bond donors (Lipinski definition) is 1. The number of aryl methyl sites for hydroxylation is 1. The second kappa shape index (κ2) is 4.34. The van der Waals surface area contributed by atoms with Crippen LogP contribution in [-0.4, -0.2) is 27.6 Å². The first kappa shape index (κ1) is 11.3. The normalized spacial score (nSPS) is 17.9. The number of nitrogens with zero attached hydrogens (tertiary/aromatic N) is 2. The van der Waals surface area contributed by atoms with Gasteiger partial charge in [-0.1, -0.05) is 23.1 Å². The molecule has 0 saturated carbocycles. The van der Waals surface area contributed by atoms with E-state index in [-0.39, 0.29) is 11.7 Å². The van der Waals surface area contributed by atoms with Gasteiger partial charge in [0.15, 0.2) is 11.0 Å². The number of hydrogen-bond acceptors (Lipinski definition) is 6. The smallest absolute Gasteiger partial charge is 0.236 e. The fourth-order valence-electron chi connectivity index (χ4n) is 1.23. The Hall–Kier alpha value is -1.21. The summed E-state index contributed by atoms with van der Waals surface area (Å²) >= 11 is 2.58. The molecule has 1 amide bonds. The van der Waals surface area contributed by atoms with Gasteiger partial charge in [0.25, 0.3) is 0 Å². The Kier molecular flexibility index (Phi) is 3.06. The van der Waals surface area contributed by atoms with Crippen molar-refractivity contribution in [3.63, 3.8) is 0 Å². The minimum Gasteiger partial charge on any atom is -0.304 e. The molecule has 7 heteroatoms. The topological polar surface area (TPSA) is 71.4 Å². The van der Waals surface area contributed by atoms with Crippen molar-refractivity contribution in [3.05, 3.63) is 10.6 Å². The highest BCUT2D eigenvalue weighted by Gasteiger charge is 2.18. The maximum Gasteiger partial charge on any atom is 0.236 e. The lowest BCUT2D eigenvalue weighted by Gasteiger charge is -1.90. The van der Waals surface area contributed by atoms with Gasteiger partial charge >= 0.3 is 0 Å². The molecule has 0 bridgehead atoms. The molecule has 2 heterocycles. The minimum atomic E-state index is -0.0520. The van der Waals surface area contributed by atoms with E-state index < -0.39 is 0 Å². The van der Waals surface area contributed by atoms with E-state index in [9.17, 15) is 9.59 Å². The molecule has 0 atom stereocenters. The molecule has 84 valence electrons. The molecule has 0 aliphatic carbocycles. The Bertz CT molecular complexity index is 493. The Morgan fingerprint density at radius 3 is 2.81 bits per heavy atom. The second-order valence-corrected chi connectivity index (χ2v) is 5.16. The lowest BCUT2D eigenvalue weighted by atomic mass is 10.3. The van der Waals surface area contributed by atoms with Gasteiger partial charge < -0.3 is 5.32 Å². The van der Waals surface area contributed by atoms with Gasteiger partial charge in [0.2, 0.25) is 11.0 Å². The van der Waals surface area contributed by atoms with Crippen molar-refractivity contribution in [2.24, 2.45) is 4.99 Å². The van der Waals surface area contributed by atoms with E-state index >= 15 is 0 Å². The molecule has 1 aromatic heterocycles. The van der Waals surface area contributed by atoms with E-state index in [1.54, 1.807) is 6.92 Å². The molecular formula is C9H9N3O2S2. The first-order valence-electron chi connectivity index (χ1n) is 4.56. The molecule has 2 rings (SSSR count). The van der Waals surface area contributed by atoms with Gasteiger partial charge in [-0.05, 0) is 6.92 Å². The quantitative estimate of drug-likeness (QED) is 0.813. The molecular weight excluding hydrogens is 246 g/mol. The summed E-state index contributed by atoms with van der Waals surface area (Å²) in [6.07, 6.45) is 0. The van der Waals surface area contributed by atoms with E-state index in [1.807, 2.05) is 0 Å². The van der Waals surface area contributed by atoms with Gasteiger partial charge in [0.1, 0.15) is 0 Å². The monoisotopic (exact) mass is 255 g/mol. The Morgan fingerprint density at radius 1 is 1.56 bits per heavy atom. The van der Waals surface area contributed by atoms with Gasteiger partial charge in [0, 0.05) is 6.92 Å². The summed E-state index contributed by atoms with van der Waals surface area (Å²) in [6.45, 7) is 3.28. The van der Waals surface area contributed by atoms with Crippen LogP contribution < -0.4 is 5.32 Å². The summed E-state index contributed by atoms with van der Waals surface area (Å²) in [6, 6.07) is 0. The number of amidine groups is 1. The number of carbonyl (C=O) groups excluding carboxylic acids is 2. The van der Waals surface area contributed by atoms with Crippen LogP contribution >= 0.6 is 23.1 Å². The average molecular weight is 255 g/mol. The van der Waals surface area contributed by atoms with Crippen LogP contribution in [0, 0.1) is 6.92 Å². The van der Waals surface area contributed by atoms with Crippen molar-refractivity contribution in [2.45, 2.75) is 13.8 Å². The third kappa shape index (κ3) is 2.30. The number of rotatable bonds is 2. The molecule has 16 heavy (non-hydrogen) atoms. The van der Waals surface area contributed by atoms with E-state index in [1.165, 1.54) is 30.0 Å². The van der Waals surface area contributed by atoms with Crippen LogP contribution in [0.4, 0.5) is 5.13 Å². The van der Waals surface area contributed by atoms with E-state index in [4.69, 9.17) is 0 Å². The number of amides is 1. The van der Waals surface area contributed by atoms with Gasteiger partial charge in [-0.25, -0.2) is 4.98 Å². The fourth-order valence-corrected chi connectivity index (χ4v) is 2.80. The molecule has 1 fully saturated rings. The number of carbonyl (C=O) groups is 2. The highest BCUT2D eigenvalue weighted by molar-refractivity contribution is 8.15. The zero-order chi connectivity index (χ0) is 11.7. The van der Waals surface area contributed by atoms with Crippen molar-refractivity contribution < 1.29 is 9.59 Å². The van der Waals surface area contributed by atoms with Gasteiger partial charge in [-0.3, -0.25) is 9.59 Å². The molecule has 5 nitrogen and oxygen atoms in total. The number of Topliss-reactive ketones (excluding diaryl/α,β-unsaturated/α-hetero) is 1. The van der Waals surface area contributed by atoms with Crippen LogP contribution in [0.2, 0.25) is 0 Å². The predicted molar refractivity (Wildman–Crippen MR) is 64.6 cm³/mol. The average Bonchev–Trinajstić information content (AvgIpc) is 2.73. The number of thiazole rings is 1. The zero-order valence-corrected chi connectivity index (χ0v) is 10.4. The Balaban J connectivity index is 2.25. The third-order valence-corrected chi connectivity index (χ3v) is 3.91. The van der Waals surface area contributed by atoms with Gasteiger partial charge in [-0.15, -0.1) is 0 Å². The highest BCUT2D eigenvalue weighted by atomic mass is 32.2. The van der Waals surface area contributed by atoms with Crippen LogP contribution in [0.5, 0.6) is 0 Å². The molecule has 1 N–H and O–H groups in total. The summed E-state index contributed by atoms with van der Waals surface area (Å²) in [5.41, 5.74) is 0.686. The largest absolute Gasteiger partial charge is 0.304 e. The molecule has 1 aromatic rings. The molecule has 1 saturated heterocycles. The van der Waals surface area contributed by atoms with Crippen molar-refractivity contribution in [2.75, 3.05) is 5.75 Å². The van der Waals surface area contributed by atoms with Crippen LogP contribution in [0.1, 0.15) is 22.3 Å². The summed E-state index contributed by atoms with van der Waals surface area (Å²) in [4.78, 5) is 31.1. The van der Waals surface area contributed by atoms with Crippen LogP contribution in [0.25, 0.3) is 0 Å². The number of aliphatic imine (C=N–C) groups is 1. The molecule has 0 spiro atoms. The lowest BCUT2D eigenvalue weighted by Crippen LogP contribution is -2.19. The summed E-state index contributed by atoms with van der Waals surface area (Å²) in [5, 5.41) is 3.67. The first-order chi connectivity index (χ1) is 7.56. The standard InChI is InChI=1S/C9H9N3O2S2/c1-4-7(5(2)13)16-9(10-4)12-8-11-6(14)3-15-8/h3H2,1-2H3,(H,10,11,12,14). The number of aromatic nitrogens is 1. The molecule has 0 aromatic carbocycles. The van der Waals surface area contributed by atoms with E-state index in [0.717, 1.165) is 0 Å². The molecule has 1 aliphatic heterocycles.